The van der Waals surface area contributed by atoms with Crippen molar-refractivity contribution in [3.63, 3.8) is 0 Å². The Labute approximate surface area is 78.4 Å². The van der Waals surface area contributed by atoms with Gasteiger partial charge in [0.1, 0.15) is 11.8 Å². The highest BCUT2D eigenvalue weighted by molar-refractivity contribution is 5.74. The number of hydrogen-bond donors (Lipinski definition) is 1. The van der Waals surface area contributed by atoms with Crippen LogP contribution in [-0.2, 0) is 4.79 Å². The molecule has 68 valence electrons. The number of nitrogens with zero attached hydrogens (tertiary/aromatic N) is 2. The van der Waals surface area contributed by atoms with E-state index in [0.717, 1.165) is 0 Å². The third-order valence-corrected chi connectivity index (χ3v) is 1.69. The fourth-order valence-corrected chi connectivity index (χ4v) is 1.12. The average Bonchev–Trinajstić information content (AvgIpc) is 2.59. The van der Waals surface area contributed by atoms with Crippen LogP contribution in [0.3, 0.4) is 0 Å². The zero-order chi connectivity index (χ0) is 9.97. The molecule has 0 spiro atoms. The van der Waals surface area contributed by atoms with Crippen molar-refractivity contribution < 1.29 is 4.79 Å². The monoisotopic (exact) mass is 187 g/mol. The normalized spacial score (nSPS) is 9.43. The molecule has 2 rings (SSSR count). The number of aromatic nitrogens is 3. The number of carbonyl (C=O) groups is 1. The Morgan fingerprint density at radius 3 is 3.14 bits per heavy atom. The summed E-state index contributed by atoms with van der Waals surface area (Å²) < 4.78 is 1.41. The predicted molar refractivity (Wildman–Crippen MR) is 48.8 cm³/mol. The van der Waals surface area contributed by atoms with Crippen molar-refractivity contribution in [3.8, 4) is 11.8 Å². The van der Waals surface area contributed by atoms with Gasteiger partial charge in [0.15, 0.2) is 6.29 Å². The van der Waals surface area contributed by atoms with Crippen molar-refractivity contribution in [2.75, 3.05) is 0 Å². The molecule has 2 heterocycles. The summed E-state index contributed by atoms with van der Waals surface area (Å²) in [4.78, 5) is 23.7. The molecule has 14 heavy (non-hydrogen) atoms. The number of carbonyl (C=O) groups excluding carboxylic acids is 1. The number of H-pyrrole nitrogens is 1. The molecule has 0 aliphatic carbocycles. The number of aldehydes is 1. The van der Waals surface area contributed by atoms with Crippen molar-refractivity contribution >= 4 is 11.8 Å². The summed E-state index contributed by atoms with van der Waals surface area (Å²) in [5.41, 5.74) is 0.753. The molecule has 1 N–H and O–H groups in total. The number of aromatic amines is 1. The quantitative estimate of drug-likeness (QED) is 0.449. The molecule has 5 nitrogen and oxygen atoms in total. The van der Waals surface area contributed by atoms with Gasteiger partial charge in [0.05, 0.1) is 0 Å². The third kappa shape index (κ3) is 1.29. The lowest BCUT2D eigenvalue weighted by Gasteiger charge is -1.87. The summed E-state index contributed by atoms with van der Waals surface area (Å²) in [6, 6.07) is 1.57. The van der Waals surface area contributed by atoms with Crippen molar-refractivity contribution in [2.24, 2.45) is 0 Å². The molecule has 0 bridgehead atoms. The van der Waals surface area contributed by atoms with E-state index in [1.54, 1.807) is 12.3 Å². The van der Waals surface area contributed by atoms with Crippen LogP contribution in [0.2, 0.25) is 0 Å². The van der Waals surface area contributed by atoms with Crippen molar-refractivity contribution in [2.45, 2.75) is 0 Å². The Morgan fingerprint density at radius 2 is 2.43 bits per heavy atom. The van der Waals surface area contributed by atoms with Crippen LogP contribution in [0.25, 0.3) is 5.52 Å². The number of rotatable bonds is 0. The van der Waals surface area contributed by atoms with Crippen LogP contribution in [0.15, 0.2) is 23.4 Å². The molecule has 0 fully saturated rings. The third-order valence-electron chi connectivity index (χ3n) is 1.69. The van der Waals surface area contributed by atoms with Crippen LogP contribution < -0.4 is 5.56 Å². The zero-order valence-corrected chi connectivity index (χ0v) is 7.02. The summed E-state index contributed by atoms with van der Waals surface area (Å²) in [5.74, 6) is 4.84. The smallest absolute Gasteiger partial charge is 0.275 e. The molecule has 2 aromatic rings. The maximum atomic E-state index is 11.2. The van der Waals surface area contributed by atoms with Crippen molar-refractivity contribution in [1.29, 1.82) is 0 Å². The number of hydrogen-bond acceptors (Lipinski definition) is 3. The van der Waals surface area contributed by atoms with Crippen molar-refractivity contribution in [3.05, 3.63) is 34.5 Å². The Bertz CT molecular complexity index is 598. The lowest BCUT2D eigenvalue weighted by atomic mass is 10.3. The summed E-state index contributed by atoms with van der Waals surface area (Å²) in [5, 5.41) is 3.88. The van der Waals surface area contributed by atoms with Gasteiger partial charge in [-0.25, -0.2) is 4.52 Å². The first-order chi connectivity index (χ1) is 6.81. The van der Waals surface area contributed by atoms with Gasteiger partial charge < -0.3 is 4.98 Å². The molecule has 0 saturated carbocycles. The Morgan fingerprint density at radius 1 is 1.57 bits per heavy atom. The van der Waals surface area contributed by atoms with Gasteiger partial charge in [0.25, 0.3) is 5.56 Å². The summed E-state index contributed by atoms with van der Waals surface area (Å²) in [7, 11) is 0. The molecule has 0 aliphatic rings. The van der Waals surface area contributed by atoms with Crippen LogP contribution >= 0.6 is 0 Å². The first kappa shape index (κ1) is 8.26. The molecule has 0 unspecified atom stereocenters. The molecule has 2 aromatic heterocycles. The number of nitrogens with one attached hydrogen (secondary N) is 1. The Kier molecular flexibility index (Phi) is 1.88. The highest BCUT2D eigenvalue weighted by Crippen LogP contribution is 2.01. The van der Waals surface area contributed by atoms with E-state index in [0.29, 0.717) is 17.4 Å². The first-order valence-electron chi connectivity index (χ1n) is 3.82. The fourth-order valence-electron chi connectivity index (χ4n) is 1.12. The second-order valence-corrected chi connectivity index (χ2v) is 2.56. The van der Waals surface area contributed by atoms with E-state index < -0.39 is 0 Å². The van der Waals surface area contributed by atoms with Crippen LogP contribution in [0.1, 0.15) is 5.56 Å². The van der Waals surface area contributed by atoms with Crippen LogP contribution in [0, 0.1) is 11.8 Å². The van der Waals surface area contributed by atoms with Gasteiger partial charge in [-0.15, -0.1) is 0 Å². The molecule has 0 saturated heterocycles. The lowest BCUT2D eigenvalue weighted by Crippen LogP contribution is -2.09. The topological polar surface area (TPSA) is 67.2 Å². The number of fused-ring (bicyclic) bond motifs is 1. The van der Waals surface area contributed by atoms with Crippen LogP contribution in [0.5, 0.6) is 0 Å². The predicted octanol–water partition coefficient (Wildman–Crippen LogP) is -0.427. The van der Waals surface area contributed by atoms with Gasteiger partial charge in [-0.1, -0.05) is 5.92 Å². The molecule has 0 aliphatic heterocycles. The SMILES string of the molecule is O=CC#Cc1cc2c(=O)[nH]cnn2c1. The van der Waals surface area contributed by atoms with E-state index in [1.165, 1.54) is 10.8 Å². The molecule has 5 heteroatoms. The fraction of sp³-hybridized carbons (Fsp3) is 0. The van der Waals surface area contributed by atoms with E-state index in [-0.39, 0.29) is 5.56 Å². The standard InChI is InChI=1S/C9H5N3O2/c13-3-1-2-7-4-8-9(14)10-6-11-12(8)5-7/h3-6H,(H,10,11,14). The Balaban J connectivity index is 2.68. The summed E-state index contributed by atoms with van der Waals surface area (Å²) in [6.07, 6.45) is 3.38. The van der Waals surface area contributed by atoms with Gasteiger partial charge in [-0.2, -0.15) is 5.10 Å². The second-order valence-electron chi connectivity index (χ2n) is 2.56. The van der Waals surface area contributed by atoms with Gasteiger partial charge in [0.2, 0.25) is 0 Å². The molecular formula is C9H5N3O2. The van der Waals surface area contributed by atoms with Gasteiger partial charge in [-0.3, -0.25) is 9.59 Å². The molecule has 0 atom stereocenters. The minimum atomic E-state index is -0.237. The minimum absolute atomic E-state index is 0.237. The van der Waals surface area contributed by atoms with E-state index >= 15 is 0 Å². The van der Waals surface area contributed by atoms with Gasteiger partial charge in [0, 0.05) is 11.8 Å². The molecule has 0 radical (unpaired) electrons. The van der Waals surface area contributed by atoms with Crippen LogP contribution in [-0.4, -0.2) is 20.9 Å². The van der Waals surface area contributed by atoms with Crippen molar-refractivity contribution in [1.82, 2.24) is 14.6 Å². The highest BCUT2D eigenvalue weighted by Gasteiger charge is 2.00. The maximum Gasteiger partial charge on any atom is 0.275 e. The van der Waals surface area contributed by atoms with E-state index in [9.17, 15) is 9.59 Å². The van der Waals surface area contributed by atoms with E-state index in [2.05, 4.69) is 21.9 Å². The van der Waals surface area contributed by atoms with E-state index in [4.69, 9.17) is 0 Å². The first-order valence-corrected chi connectivity index (χ1v) is 3.82. The van der Waals surface area contributed by atoms with Gasteiger partial charge in [-0.05, 0) is 12.0 Å². The van der Waals surface area contributed by atoms with Gasteiger partial charge >= 0.3 is 0 Å². The molecule has 0 aromatic carbocycles. The summed E-state index contributed by atoms with van der Waals surface area (Å²) >= 11 is 0. The Hall–Kier alpha value is -2.35. The molecular weight excluding hydrogens is 182 g/mol. The largest absolute Gasteiger partial charge is 0.310 e. The zero-order valence-electron chi connectivity index (χ0n) is 7.02. The minimum Gasteiger partial charge on any atom is -0.310 e. The molecule has 0 amide bonds. The van der Waals surface area contributed by atoms with Crippen LogP contribution in [0.4, 0.5) is 0 Å². The second kappa shape index (κ2) is 3.18. The maximum absolute atomic E-state index is 11.2. The highest BCUT2D eigenvalue weighted by atomic mass is 16.1. The lowest BCUT2D eigenvalue weighted by molar-refractivity contribution is -0.103. The summed E-state index contributed by atoms with van der Waals surface area (Å²) in [6.45, 7) is 0. The average molecular weight is 187 g/mol. The van der Waals surface area contributed by atoms with E-state index in [1.807, 2.05) is 0 Å².